The van der Waals surface area contributed by atoms with Gasteiger partial charge < -0.3 is 15.5 Å². The molecular formula is C16H19ClN4O4. The van der Waals surface area contributed by atoms with Crippen LogP contribution >= 0.6 is 11.6 Å². The van der Waals surface area contributed by atoms with E-state index in [1.807, 2.05) is 13.8 Å². The van der Waals surface area contributed by atoms with Crippen LogP contribution in [0.3, 0.4) is 0 Å². The van der Waals surface area contributed by atoms with Crippen LogP contribution in [0, 0.1) is 10.1 Å². The molecule has 1 aliphatic rings. The van der Waals surface area contributed by atoms with Crippen LogP contribution in [-0.2, 0) is 4.79 Å². The van der Waals surface area contributed by atoms with Crippen molar-refractivity contribution >= 4 is 29.2 Å². The topological polar surface area (TPSA) is 105 Å². The molecule has 1 aromatic carbocycles. The van der Waals surface area contributed by atoms with E-state index >= 15 is 0 Å². The maximum atomic E-state index is 12.9. The van der Waals surface area contributed by atoms with E-state index in [1.54, 1.807) is 17.9 Å². The van der Waals surface area contributed by atoms with Crippen molar-refractivity contribution in [1.29, 1.82) is 0 Å². The van der Waals surface area contributed by atoms with E-state index < -0.39 is 17.0 Å². The van der Waals surface area contributed by atoms with Crippen molar-refractivity contribution in [3.05, 3.63) is 50.2 Å². The largest absolute Gasteiger partial charge is 0.339 e. The van der Waals surface area contributed by atoms with Gasteiger partial charge in [0, 0.05) is 24.9 Å². The van der Waals surface area contributed by atoms with Crippen LogP contribution in [0.25, 0.3) is 0 Å². The fourth-order valence-electron chi connectivity index (χ4n) is 2.76. The van der Waals surface area contributed by atoms with E-state index in [1.165, 1.54) is 12.1 Å². The number of allylic oxidation sites excluding steroid dienone is 1. The Hall–Kier alpha value is -2.61. The first kappa shape index (κ1) is 18.7. The fraction of sp³-hybridized carbons (Fsp3) is 0.375. The number of urea groups is 1. The molecule has 0 fully saturated rings. The lowest BCUT2D eigenvalue weighted by atomic mass is 9.94. The van der Waals surface area contributed by atoms with E-state index in [0.717, 1.165) is 0 Å². The van der Waals surface area contributed by atoms with Crippen molar-refractivity contribution in [1.82, 2.24) is 15.5 Å². The Bertz CT molecular complexity index is 759. The molecule has 1 aromatic rings. The summed E-state index contributed by atoms with van der Waals surface area (Å²) >= 11 is 5.85. The molecule has 1 atom stereocenters. The maximum absolute atomic E-state index is 12.9. The van der Waals surface area contributed by atoms with E-state index in [2.05, 4.69) is 10.6 Å². The summed E-state index contributed by atoms with van der Waals surface area (Å²) in [6.45, 7) is 6.36. The highest BCUT2D eigenvalue weighted by Gasteiger charge is 2.33. The molecule has 0 spiro atoms. The molecule has 0 radical (unpaired) electrons. The smallest absolute Gasteiger partial charge is 0.319 e. The van der Waals surface area contributed by atoms with Gasteiger partial charge >= 0.3 is 6.03 Å². The number of nitrogens with zero attached hydrogens (tertiary/aromatic N) is 2. The number of carbonyl (C=O) groups excluding carboxylic acids is 2. The molecule has 0 bridgehead atoms. The summed E-state index contributed by atoms with van der Waals surface area (Å²) in [6, 6.07) is 2.96. The molecule has 9 heteroatoms. The Morgan fingerprint density at radius 2 is 2.00 bits per heavy atom. The molecular weight excluding hydrogens is 348 g/mol. The van der Waals surface area contributed by atoms with Crippen LogP contribution < -0.4 is 10.6 Å². The number of rotatable bonds is 5. The summed E-state index contributed by atoms with van der Waals surface area (Å²) in [5, 5.41) is 16.4. The van der Waals surface area contributed by atoms with Gasteiger partial charge in [0.05, 0.1) is 16.5 Å². The predicted octanol–water partition coefficient (Wildman–Crippen LogP) is 2.74. The van der Waals surface area contributed by atoms with Crippen LogP contribution in [-0.4, -0.2) is 34.9 Å². The Morgan fingerprint density at radius 3 is 2.56 bits per heavy atom. The number of hydrogen-bond donors (Lipinski definition) is 2. The molecule has 1 aliphatic heterocycles. The average molecular weight is 367 g/mol. The summed E-state index contributed by atoms with van der Waals surface area (Å²) < 4.78 is 0. The lowest BCUT2D eigenvalue weighted by Gasteiger charge is -2.31. The molecule has 1 heterocycles. The van der Waals surface area contributed by atoms with E-state index in [-0.39, 0.29) is 16.6 Å². The summed E-state index contributed by atoms with van der Waals surface area (Å²) in [6.07, 6.45) is 0. The Balaban J connectivity index is 2.55. The van der Waals surface area contributed by atoms with Crippen molar-refractivity contribution in [3.63, 3.8) is 0 Å². The molecule has 2 rings (SSSR count). The van der Waals surface area contributed by atoms with Gasteiger partial charge in [-0.1, -0.05) is 17.7 Å². The minimum atomic E-state index is -0.794. The number of benzene rings is 1. The third-order valence-electron chi connectivity index (χ3n) is 4.05. The van der Waals surface area contributed by atoms with Gasteiger partial charge in [0.15, 0.2) is 0 Å². The minimum Gasteiger partial charge on any atom is -0.339 e. The molecule has 25 heavy (non-hydrogen) atoms. The van der Waals surface area contributed by atoms with Crippen LogP contribution in [0.15, 0.2) is 29.5 Å². The van der Waals surface area contributed by atoms with Gasteiger partial charge in [0.2, 0.25) is 0 Å². The predicted molar refractivity (Wildman–Crippen MR) is 93.1 cm³/mol. The fourth-order valence-corrected chi connectivity index (χ4v) is 2.94. The molecule has 134 valence electrons. The van der Waals surface area contributed by atoms with Gasteiger partial charge in [0.25, 0.3) is 11.6 Å². The van der Waals surface area contributed by atoms with Gasteiger partial charge in [-0.25, -0.2) is 4.79 Å². The maximum Gasteiger partial charge on any atom is 0.319 e. The van der Waals surface area contributed by atoms with Crippen LogP contribution in [0.4, 0.5) is 10.5 Å². The molecule has 0 saturated carbocycles. The number of likely N-dealkylation sites (N-methyl/N-ethyl adjacent to an activating group) is 1. The number of amides is 3. The number of carbonyl (C=O) groups is 2. The number of nitrogens with one attached hydrogen (secondary N) is 2. The zero-order valence-electron chi connectivity index (χ0n) is 14.1. The third kappa shape index (κ3) is 3.74. The summed E-state index contributed by atoms with van der Waals surface area (Å²) in [5.41, 5.74) is 0.906. The van der Waals surface area contributed by atoms with Crippen LogP contribution in [0.1, 0.15) is 32.4 Å². The van der Waals surface area contributed by atoms with Gasteiger partial charge in [-0.3, -0.25) is 14.9 Å². The summed E-state index contributed by atoms with van der Waals surface area (Å²) in [4.78, 5) is 36.9. The number of nitro benzene ring substituents is 1. The first-order chi connectivity index (χ1) is 11.8. The van der Waals surface area contributed by atoms with Crippen molar-refractivity contribution in [3.8, 4) is 0 Å². The number of hydrogen-bond acceptors (Lipinski definition) is 4. The number of halogens is 1. The molecule has 0 aromatic heterocycles. The first-order valence-corrected chi connectivity index (χ1v) is 8.19. The lowest BCUT2D eigenvalue weighted by molar-refractivity contribution is -0.384. The van der Waals surface area contributed by atoms with E-state index in [9.17, 15) is 19.7 Å². The van der Waals surface area contributed by atoms with Crippen molar-refractivity contribution < 1.29 is 14.5 Å². The van der Waals surface area contributed by atoms with Gasteiger partial charge in [0.1, 0.15) is 5.02 Å². The van der Waals surface area contributed by atoms with Gasteiger partial charge in [-0.15, -0.1) is 0 Å². The zero-order chi connectivity index (χ0) is 18.7. The van der Waals surface area contributed by atoms with Crippen molar-refractivity contribution in [2.24, 2.45) is 0 Å². The summed E-state index contributed by atoms with van der Waals surface area (Å²) in [5.74, 6) is -0.238. The van der Waals surface area contributed by atoms with Crippen molar-refractivity contribution in [2.75, 3.05) is 13.1 Å². The molecule has 2 N–H and O–H groups in total. The lowest BCUT2D eigenvalue weighted by Crippen LogP contribution is -2.47. The minimum absolute atomic E-state index is 0.00803. The second-order valence-electron chi connectivity index (χ2n) is 5.52. The second kappa shape index (κ2) is 7.52. The van der Waals surface area contributed by atoms with E-state index in [4.69, 9.17) is 11.6 Å². The van der Waals surface area contributed by atoms with Crippen molar-refractivity contribution in [2.45, 2.75) is 26.8 Å². The zero-order valence-corrected chi connectivity index (χ0v) is 14.9. The third-order valence-corrected chi connectivity index (χ3v) is 4.37. The Kier molecular flexibility index (Phi) is 5.63. The second-order valence-corrected chi connectivity index (χ2v) is 5.92. The molecule has 0 saturated heterocycles. The van der Waals surface area contributed by atoms with Gasteiger partial charge in [-0.2, -0.15) is 0 Å². The standard InChI is InChI=1S/C16H19ClN4O4/c1-4-20(5-2)15(22)13-9(3)18-16(23)19-14(13)10-6-7-11(17)12(8-10)21(24)25/h6-8,14H,4-5H2,1-3H3,(H2,18,19,23)/t14-/m1/s1. The molecule has 0 unspecified atom stereocenters. The normalized spacial score (nSPS) is 17.0. The molecule has 8 nitrogen and oxygen atoms in total. The van der Waals surface area contributed by atoms with E-state index in [0.29, 0.717) is 29.9 Å². The average Bonchev–Trinajstić information content (AvgIpc) is 2.55. The highest BCUT2D eigenvalue weighted by molar-refractivity contribution is 6.32. The van der Waals surface area contributed by atoms with Crippen LogP contribution in [0.5, 0.6) is 0 Å². The highest BCUT2D eigenvalue weighted by Crippen LogP contribution is 2.33. The Labute approximate surface area is 150 Å². The van der Waals surface area contributed by atoms with Gasteiger partial charge in [-0.05, 0) is 32.4 Å². The Morgan fingerprint density at radius 1 is 1.36 bits per heavy atom. The highest BCUT2D eigenvalue weighted by atomic mass is 35.5. The molecule has 0 aliphatic carbocycles. The quantitative estimate of drug-likeness (QED) is 0.617. The van der Waals surface area contributed by atoms with Crippen LogP contribution in [0.2, 0.25) is 5.02 Å². The first-order valence-electron chi connectivity index (χ1n) is 7.81. The summed E-state index contributed by atoms with van der Waals surface area (Å²) in [7, 11) is 0. The SMILES string of the molecule is CCN(CC)C(=O)C1=C(C)NC(=O)N[C@@H]1c1ccc(Cl)c([N+](=O)[O-])c1. The monoisotopic (exact) mass is 366 g/mol. The number of nitro groups is 1. The molecule has 3 amide bonds.